The summed E-state index contributed by atoms with van der Waals surface area (Å²) in [5.41, 5.74) is 10.2. The van der Waals surface area contributed by atoms with E-state index in [9.17, 15) is 9.59 Å². The summed E-state index contributed by atoms with van der Waals surface area (Å²) in [7, 11) is 0. The Morgan fingerprint density at radius 3 is 2.69 bits per heavy atom. The largest absolute Gasteiger partial charge is 0.389 e. The van der Waals surface area contributed by atoms with Crippen molar-refractivity contribution in [3.8, 4) is 0 Å². The number of rotatable bonds is 5. The van der Waals surface area contributed by atoms with Crippen LogP contribution in [0.1, 0.15) is 39.0 Å². The number of hydrogen-bond acceptors (Lipinski definition) is 4. The Morgan fingerprint density at radius 2 is 1.88 bits per heavy atom. The summed E-state index contributed by atoms with van der Waals surface area (Å²) in [6, 6.07) is 13.4. The molecule has 0 bridgehead atoms. The van der Waals surface area contributed by atoms with Crippen LogP contribution in [0.2, 0.25) is 0 Å². The van der Waals surface area contributed by atoms with Gasteiger partial charge in [-0.05, 0) is 42.0 Å². The van der Waals surface area contributed by atoms with Crippen LogP contribution in [0.5, 0.6) is 0 Å². The van der Waals surface area contributed by atoms with Crippen molar-refractivity contribution in [1.29, 1.82) is 0 Å². The first-order valence-corrected chi connectivity index (χ1v) is 8.63. The van der Waals surface area contributed by atoms with E-state index in [0.717, 1.165) is 18.4 Å². The van der Waals surface area contributed by atoms with Gasteiger partial charge in [-0.25, -0.2) is 0 Å². The van der Waals surface area contributed by atoms with Gasteiger partial charge in [0.1, 0.15) is 13.2 Å². The molecule has 0 aromatic heterocycles. The fourth-order valence-electron chi connectivity index (χ4n) is 3.54. The van der Waals surface area contributed by atoms with Gasteiger partial charge in [0, 0.05) is 5.56 Å². The van der Waals surface area contributed by atoms with E-state index in [0.29, 0.717) is 23.6 Å². The summed E-state index contributed by atoms with van der Waals surface area (Å²) in [5, 5.41) is 4.15. The third-order valence-corrected chi connectivity index (χ3v) is 4.76. The zero-order valence-electron chi connectivity index (χ0n) is 14.3. The predicted octanol–water partition coefficient (Wildman–Crippen LogP) is 1.99. The topological polar surface area (TPSA) is 85.0 Å². The number of carbonyl (C=O) groups excluding carboxylic acids is 2. The Bertz CT molecular complexity index is 920. The average Bonchev–Trinajstić information content (AvgIpc) is 3.19. The lowest BCUT2D eigenvalue weighted by atomic mass is 10.1. The van der Waals surface area contributed by atoms with Crippen molar-refractivity contribution in [2.24, 2.45) is 10.9 Å². The second kappa shape index (κ2) is 6.63. The van der Waals surface area contributed by atoms with E-state index in [1.807, 2.05) is 12.1 Å². The van der Waals surface area contributed by atoms with Crippen molar-refractivity contribution in [2.75, 3.05) is 6.54 Å². The number of hydrogen-bond donors (Lipinski definition) is 1. The second-order valence-corrected chi connectivity index (χ2v) is 6.55. The minimum Gasteiger partial charge on any atom is -0.389 e. The number of oxime groups is 1. The van der Waals surface area contributed by atoms with Crippen LogP contribution in [0.4, 0.5) is 0 Å². The molecular formula is C20H19N3O3. The lowest BCUT2D eigenvalue weighted by Crippen LogP contribution is -2.38. The molecule has 2 aliphatic rings. The minimum absolute atomic E-state index is 0.228. The first-order chi connectivity index (χ1) is 12.6. The van der Waals surface area contributed by atoms with Crippen molar-refractivity contribution in [2.45, 2.75) is 25.9 Å². The van der Waals surface area contributed by atoms with Gasteiger partial charge >= 0.3 is 0 Å². The van der Waals surface area contributed by atoms with Crippen LogP contribution in [0.3, 0.4) is 0 Å². The van der Waals surface area contributed by atoms with E-state index >= 15 is 0 Å². The Kier molecular flexibility index (Phi) is 4.16. The maximum absolute atomic E-state index is 12.5. The summed E-state index contributed by atoms with van der Waals surface area (Å²) >= 11 is 0. The lowest BCUT2D eigenvalue weighted by Gasteiger charge is -2.14. The highest BCUT2D eigenvalue weighted by atomic mass is 16.6. The molecule has 1 aliphatic heterocycles. The molecule has 132 valence electrons. The normalized spacial score (nSPS) is 16.7. The molecule has 2 N–H and O–H groups in total. The van der Waals surface area contributed by atoms with Crippen molar-refractivity contribution in [3.63, 3.8) is 0 Å². The van der Waals surface area contributed by atoms with Crippen molar-refractivity contribution < 1.29 is 14.4 Å². The van der Waals surface area contributed by atoms with Crippen LogP contribution in [0.25, 0.3) is 0 Å². The highest BCUT2D eigenvalue weighted by molar-refractivity contribution is 6.24. The maximum Gasteiger partial charge on any atom is 0.260 e. The Morgan fingerprint density at radius 1 is 1.12 bits per heavy atom. The lowest BCUT2D eigenvalue weighted by molar-refractivity contribution is -0.118. The number of benzene rings is 2. The third-order valence-electron chi connectivity index (χ3n) is 4.76. The van der Waals surface area contributed by atoms with Gasteiger partial charge in [-0.3, -0.25) is 14.5 Å². The molecule has 2 aromatic rings. The molecule has 0 unspecified atom stereocenters. The molecule has 0 spiro atoms. The molecule has 2 aromatic carbocycles. The van der Waals surface area contributed by atoms with E-state index in [-0.39, 0.29) is 12.5 Å². The van der Waals surface area contributed by atoms with Gasteiger partial charge in [-0.15, -0.1) is 0 Å². The standard InChI is InChI=1S/C20H19N3O3/c21-18(24)11-23-19(16-6-1-2-7-17(16)20(23)25)22-26-12-13-8-9-14-4-3-5-15(14)10-13/h1-2,6-10H,3-5,11-12H2,(H2,21,24)/b22-19+. The van der Waals surface area contributed by atoms with Gasteiger partial charge in [0.2, 0.25) is 5.91 Å². The molecule has 26 heavy (non-hydrogen) atoms. The number of amidine groups is 1. The molecule has 0 saturated carbocycles. The smallest absolute Gasteiger partial charge is 0.260 e. The summed E-state index contributed by atoms with van der Waals surface area (Å²) in [4.78, 5) is 30.6. The van der Waals surface area contributed by atoms with Crippen LogP contribution < -0.4 is 5.73 Å². The van der Waals surface area contributed by atoms with E-state index in [2.05, 4.69) is 17.3 Å². The van der Waals surface area contributed by atoms with Gasteiger partial charge in [-0.2, -0.15) is 0 Å². The zero-order valence-corrected chi connectivity index (χ0v) is 14.3. The molecule has 6 nitrogen and oxygen atoms in total. The van der Waals surface area contributed by atoms with Crippen LogP contribution in [-0.4, -0.2) is 29.1 Å². The summed E-state index contributed by atoms with van der Waals surface area (Å²) < 4.78 is 0. The molecule has 0 fully saturated rings. The Balaban J connectivity index is 1.56. The first-order valence-electron chi connectivity index (χ1n) is 8.63. The van der Waals surface area contributed by atoms with E-state index in [4.69, 9.17) is 10.6 Å². The number of fused-ring (bicyclic) bond motifs is 2. The Labute approximate surface area is 151 Å². The molecule has 1 aliphatic carbocycles. The van der Waals surface area contributed by atoms with Crippen LogP contribution >= 0.6 is 0 Å². The SMILES string of the molecule is NC(=O)CN1C(=O)c2ccccc2/C1=N\OCc1ccc2c(c1)CCC2. The minimum atomic E-state index is -0.600. The number of aryl methyl sites for hydroxylation is 2. The van der Waals surface area contributed by atoms with Gasteiger partial charge in [0.25, 0.3) is 5.91 Å². The van der Waals surface area contributed by atoms with E-state index in [1.54, 1.807) is 18.2 Å². The third kappa shape index (κ3) is 2.94. The molecular weight excluding hydrogens is 330 g/mol. The molecule has 1 heterocycles. The summed E-state index contributed by atoms with van der Waals surface area (Å²) in [6.45, 7) is 0.0755. The molecule has 0 saturated heterocycles. The van der Waals surface area contributed by atoms with E-state index in [1.165, 1.54) is 22.4 Å². The molecule has 4 rings (SSSR count). The fourth-order valence-corrected chi connectivity index (χ4v) is 3.54. The van der Waals surface area contributed by atoms with Gasteiger partial charge in [-0.1, -0.05) is 41.6 Å². The number of primary amides is 1. The number of amides is 2. The molecule has 6 heteroatoms. The van der Waals surface area contributed by atoms with Gasteiger partial charge in [0.05, 0.1) is 5.56 Å². The molecule has 0 atom stereocenters. The Hall–Kier alpha value is -3.15. The fraction of sp³-hybridized carbons (Fsp3) is 0.250. The highest BCUT2D eigenvalue weighted by Gasteiger charge is 2.34. The molecule has 0 radical (unpaired) electrons. The quantitative estimate of drug-likeness (QED) is 0.838. The van der Waals surface area contributed by atoms with Gasteiger partial charge < -0.3 is 10.6 Å². The maximum atomic E-state index is 12.5. The average molecular weight is 349 g/mol. The van der Waals surface area contributed by atoms with Crippen molar-refractivity contribution in [1.82, 2.24) is 4.90 Å². The number of nitrogens with two attached hydrogens (primary N) is 1. The van der Waals surface area contributed by atoms with Crippen LogP contribution in [-0.2, 0) is 29.1 Å². The number of carbonyl (C=O) groups is 2. The van der Waals surface area contributed by atoms with Crippen LogP contribution in [0.15, 0.2) is 47.6 Å². The first kappa shape index (κ1) is 16.3. The summed E-state index contributed by atoms with van der Waals surface area (Å²) in [6.07, 6.45) is 3.44. The summed E-state index contributed by atoms with van der Waals surface area (Å²) in [5.74, 6) is -0.567. The van der Waals surface area contributed by atoms with Crippen molar-refractivity contribution >= 4 is 17.6 Å². The second-order valence-electron chi connectivity index (χ2n) is 6.55. The van der Waals surface area contributed by atoms with Crippen LogP contribution in [0, 0.1) is 0 Å². The number of nitrogens with zero attached hydrogens (tertiary/aromatic N) is 2. The monoisotopic (exact) mass is 349 g/mol. The van der Waals surface area contributed by atoms with Crippen molar-refractivity contribution in [3.05, 3.63) is 70.3 Å². The zero-order chi connectivity index (χ0) is 18.1. The van der Waals surface area contributed by atoms with Gasteiger partial charge in [0.15, 0.2) is 5.84 Å². The highest BCUT2D eigenvalue weighted by Crippen LogP contribution is 2.25. The predicted molar refractivity (Wildman–Crippen MR) is 96.5 cm³/mol. The van der Waals surface area contributed by atoms with E-state index < -0.39 is 5.91 Å². The molecule has 2 amide bonds.